The third kappa shape index (κ3) is 6.01. The first-order valence-electron chi connectivity index (χ1n) is 14.4. The molecule has 6 nitrogen and oxygen atoms in total. The van der Waals surface area contributed by atoms with E-state index in [-0.39, 0.29) is 0 Å². The van der Waals surface area contributed by atoms with Gasteiger partial charge in [-0.2, -0.15) is 21.0 Å². The highest BCUT2D eigenvalue weighted by molar-refractivity contribution is 5.82. The minimum absolute atomic E-state index is 0.577. The Labute approximate surface area is 267 Å². The molecule has 0 aliphatic rings. The fourth-order valence-electron chi connectivity index (χ4n) is 5.26. The first-order valence-corrected chi connectivity index (χ1v) is 14.4. The van der Waals surface area contributed by atoms with Crippen LogP contribution in [0.3, 0.4) is 0 Å². The van der Waals surface area contributed by atoms with Crippen LogP contribution in [0.5, 0.6) is 0 Å². The van der Waals surface area contributed by atoms with Crippen molar-refractivity contribution in [2.24, 2.45) is 0 Å². The third-order valence-corrected chi connectivity index (χ3v) is 7.58. The van der Waals surface area contributed by atoms with E-state index in [1.54, 1.807) is 48.5 Å². The summed E-state index contributed by atoms with van der Waals surface area (Å²) in [5.41, 5.74) is 9.74. The highest BCUT2D eigenvalue weighted by Gasteiger charge is 2.16. The summed E-state index contributed by atoms with van der Waals surface area (Å²) in [5.74, 6) is 0. The van der Waals surface area contributed by atoms with E-state index in [1.807, 2.05) is 60.7 Å². The Bertz CT molecular complexity index is 2040. The second-order valence-electron chi connectivity index (χ2n) is 10.4. The Hall–Kier alpha value is -7.12. The maximum absolute atomic E-state index is 9.33. The first-order chi connectivity index (χ1) is 22.6. The van der Waals surface area contributed by atoms with Crippen molar-refractivity contribution >= 4 is 34.1 Å². The molecule has 0 atom stereocenters. The van der Waals surface area contributed by atoms with E-state index in [0.717, 1.165) is 45.3 Å². The predicted octanol–water partition coefficient (Wildman–Crippen LogP) is 9.78. The largest absolute Gasteiger partial charge is 0.311 e. The zero-order chi connectivity index (χ0) is 31.9. The summed E-state index contributed by atoms with van der Waals surface area (Å²) in [6, 6.07) is 54.8. The number of rotatable bonds is 7. The second kappa shape index (κ2) is 13.0. The summed E-state index contributed by atoms with van der Waals surface area (Å²) in [6.45, 7) is 0. The van der Waals surface area contributed by atoms with Crippen LogP contribution in [0, 0.1) is 45.3 Å². The quantitative estimate of drug-likeness (QED) is 0.184. The Morgan fingerprint density at radius 1 is 0.304 bits per heavy atom. The van der Waals surface area contributed by atoms with Crippen LogP contribution in [0.1, 0.15) is 22.3 Å². The number of nitrogens with zero attached hydrogens (tertiary/aromatic N) is 6. The average Bonchev–Trinajstić information content (AvgIpc) is 3.13. The van der Waals surface area contributed by atoms with Gasteiger partial charge in [-0.15, -0.1) is 0 Å². The predicted molar refractivity (Wildman–Crippen MR) is 180 cm³/mol. The first kappa shape index (κ1) is 29.0. The molecule has 0 saturated heterocycles. The molecule has 46 heavy (non-hydrogen) atoms. The van der Waals surface area contributed by atoms with Gasteiger partial charge in [-0.3, -0.25) is 0 Å². The number of hydrogen-bond acceptors (Lipinski definition) is 6. The summed E-state index contributed by atoms with van der Waals surface area (Å²) in [6.07, 6.45) is 0. The number of anilines is 6. The van der Waals surface area contributed by atoms with Crippen molar-refractivity contribution in [1.82, 2.24) is 0 Å². The van der Waals surface area contributed by atoms with Gasteiger partial charge in [-0.05, 0) is 132 Å². The van der Waals surface area contributed by atoms with Crippen molar-refractivity contribution in [2.45, 2.75) is 0 Å². The summed E-state index contributed by atoms with van der Waals surface area (Å²) in [5, 5.41) is 37.3. The van der Waals surface area contributed by atoms with Gasteiger partial charge in [0, 0.05) is 34.1 Å². The van der Waals surface area contributed by atoms with Gasteiger partial charge in [0.2, 0.25) is 0 Å². The van der Waals surface area contributed by atoms with Gasteiger partial charge in [-0.25, -0.2) is 0 Å². The van der Waals surface area contributed by atoms with E-state index >= 15 is 0 Å². The number of benzene rings is 6. The molecular weight excluding hydrogens is 564 g/mol. The van der Waals surface area contributed by atoms with Crippen LogP contribution >= 0.6 is 0 Å². The van der Waals surface area contributed by atoms with E-state index in [2.05, 4.69) is 70.5 Å². The lowest BCUT2D eigenvalue weighted by Gasteiger charge is -2.26. The van der Waals surface area contributed by atoms with Crippen LogP contribution < -0.4 is 9.80 Å². The Balaban J connectivity index is 1.38. The number of hydrogen-bond donors (Lipinski definition) is 0. The van der Waals surface area contributed by atoms with E-state index in [4.69, 9.17) is 0 Å². The monoisotopic (exact) mass is 588 g/mol. The topological polar surface area (TPSA) is 102 Å². The van der Waals surface area contributed by atoms with Crippen LogP contribution in [0.25, 0.3) is 11.1 Å². The summed E-state index contributed by atoms with van der Waals surface area (Å²) in [4.78, 5) is 4.18. The molecule has 6 heteroatoms. The smallest absolute Gasteiger partial charge is 0.0991 e. The van der Waals surface area contributed by atoms with Crippen molar-refractivity contribution in [3.8, 4) is 35.4 Å². The lowest BCUT2D eigenvalue weighted by molar-refractivity contribution is 1.27. The van der Waals surface area contributed by atoms with Gasteiger partial charge in [0.1, 0.15) is 0 Å². The summed E-state index contributed by atoms with van der Waals surface area (Å²) in [7, 11) is 0. The second-order valence-corrected chi connectivity index (χ2v) is 10.4. The minimum Gasteiger partial charge on any atom is -0.311 e. The Kier molecular flexibility index (Phi) is 8.21. The third-order valence-electron chi connectivity index (χ3n) is 7.58. The molecule has 0 heterocycles. The van der Waals surface area contributed by atoms with Crippen LogP contribution in [-0.4, -0.2) is 0 Å². The molecule has 0 N–H and O–H groups in total. The standard InChI is InChI=1S/C40H24N6/c41-25-29-4-14-35(15-5-29)45(36-16-6-30(26-42)7-17-36)39-22-12-33(13-23-39)34-2-1-3-40(24-34)46(37-18-8-31(27-43)9-19-37)38-20-10-32(28-44)11-21-38/h1-24H. The molecule has 0 amide bonds. The SMILES string of the molecule is N#Cc1ccc(N(c2ccc(C#N)cc2)c2ccc(-c3cccc(N(c4ccc(C#N)cc4)c4ccc(C#N)cc4)c3)cc2)cc1. The van der Waals surface area contributed by atoms with Gasteiger partial charge >= 0.3 is 0 Å². The number of nitriles is 4. The van der Waals surface area contributed by atoms with Crippen molar-refractivity contribution in [3.05, 3.63) is 168 Å². The minimum atomic E-state index is 0.577. The van der Waals surface area contributed by atoms with E-state index in [1.165, 1.54) is 0 Å². The zero-order valence-corrected chi connectivity index (χ0v) is 24.5. The van der Waals surface area contributed by atoms with E-state index in [9.17, 15) is 21.0 Å². The molecule has 0 fully saturated rings. The molecule has 0 radical (unpaired) electrons. The van der Waals surface area contributed by atoms with Gasteiger partial charge < -0.3 is 9.80 Å². The van der Waals surface area contributed by atoms with Crippen molar-refractivity contribution in [2.75, 3.05) is 9.80 Å². The molecule has 0 spiro atoms. The summed E-state index contributed by atoms with van der Waals surface area (Å²) >= 11 is 0. The van der Waals surface area contributed by atoms with Crippen LogP contribution in [0.2, 0.25) is 0 Å². The Morgan fingerprint density at radius 3 is 0.935 bits per heavy atom. The highest BCUT2D eigenvalue weighted by Crippen LogP contribution is 2.39. The van der Waals surface area contributed by atoms with Crippen molar-refractivity contribution < 1.29 is 0 Å². The van der Waals surface area contributed by atoms with Gasteiger partial charge in [0.15, 0.2) is 0 Å². The fraction of sp³-hybridized carbons (Fsp3) is 0. The lowest BCUT2D eigenvalue weighted by atomic mass is 10.0. The van der Waals surface area contributed by atoms with Gasteiger partial charge in [0.25, 0.3) is 0 Å². The average molecular weight is 589 g/mol. The maximum atomic E-state index is 9.33. The van der Waals surface area contributed by atoms with E-state index < -0.39 is 0 Å². The highest BCUT2D eigenvalue weighted by atomic mass is 15.1. The molecule has 0 saturated carbocycles. The molecule has 0 aliphatic carbocycles. The molecule has 214 valence electrons. The van der Waals surface area contributed by atoms with Gasteiger partial charge in [0.05, 0.1) is 46.5 Å². The molecule has 0 aromatic heterocycles. The Morgan fingerprint density at radius 2 is 0.609 bits per heavy atom. The maximum Gasteiger partial charge on any atom is 0.0991 e. The molecule has 0 aliphatic heterocycles. The molecule has 6 rings (SSSR count). The molecule has 6 aromatic rings. The zero-order valence-electron chi connectivity index (χ0n) is 24.5. The van der Waals surface area contributed by atoms with Crippen molar-refractivity contribution in [3.63, 3.8) is 0 Å². The van der Waals surface area contributed by atoms with Crippen LogP contribution in [-0.2, 0) is 0 Å². The molecule has 0 unspecified atom stereocenters. The van der Waals surface area contributed by atoms with E-state index in [0.29, 0.717) is 22.3 Å². The van der Waals surface area contributed by atoms with Crippen LogP contribution in [0.4, 0.5) is 34.1 Å². The van der Waals surface area contributed by atoms with Crippen LogP contribution in [0.15, 0.2) is 146 Å². The van der Waals surface area contributed by atoms with Gasteiger partial charge in [-0.1, -0.05) is 24.3 Å². The fourth-order valence-corrected chi connectivity index (χ4v) is 5.26. The summed E-state index contributed by atoms with van der Waals surface area (Å²) < 4.78 is 0. The molecule has 6 aromatic carbocycles. The lowest BCUT2D eigenvalue weighted by Crippen LogP contribution is -2.10. The normalized spacial score (nSPS) is 10.1. The molecule has 0 bridgehead atoms. The molecular formula is C40H24N6. The van der Waals surface area contributed by atoms with Crippen molar-refractivity contribution in [1.29, 1.82) is 21.0 Å².